The van der Waals surface area contributed by atoms with Gasteiger partial charge in [-0.3, -0.25) is 0 Å². The average molecular weight is 213 g/mol. The molecule has 0 aliphatic heterocycles. The van der Waals surface area contributed by atoms with Gasteiger partial charge in [-0.15, -0.1) is 0 Å². The zero-order chi connectivity index (χ0) is 11.5. The molecule has 0 atom stereocenters. The first-order chi connectivity index (χ1) is 6.88. The van der Waals surface area contributed by atoms with Crippen LogP contribution in [0, 0.1) is 0 Å². The second kappa shape index (κ2) is 4.72. The zero-order valence-electron chi connectivity index (χ0n) is 9.78. The highest BCUT2D eigenvalue weighted by atomic mass is 16.5. The van der Waals surface area contributed by atoms with E-state index in [-0.39, 0.29) is 11.5 Å². The Hall–Kier alpha value is -0.940. The molecule has 86 valence electrons. The Morgan fingerprint density at radius 1 is 1.47 bits per heavy atom. The molecule has 0 bridgehead atoms. The maximum absolute atomic E-state index is 5.76. The molecule has 1 rings (SSSR count). The molecule has 1 aromatic heterocycles. The fraction of sp³-hybridized carbons (Fsp3) is 0.800. The molecule has 0 radical (unpaired) electrons. The highest BCUT2D eigenvalue weighted by Crippen LogP contribution is 2.10. The molecule has 0 aromatic carbocycles. The van der Waals surface area contributed by atoms with Gasteiger partial charge in [0.2, 0.25) is 0 Å². The fourth-order valence-electron chi connectivity index (χ4n) is 0.963. The lowest BCUT2D eigenvalue weighted by atomic mass is 10.1. The van der Waals surface area contributed by atoms with E-state index in [1.807, 2.05) is 27.7 Å². The molecule has 1 heterocycles. The summed E-state index contributed by atoms with van der Waals surface area (Å²) in [6.07, 6.45) is 0. The Bertz CT molecular complexity index is 302. The van der Waals surface area contributed by atoms with Gasteiger partial charge in [0.25, 0.3) is 5.89 Å². The number of rotatable bonds is 5. The molecule has 0 unspecified atom stereocenters. The van der Waals surface area contributed by atoms with Crippen LogP contribution in [0.1, 0.15) is 45.3 Å². The molecule has 0 fully saturated rings. The van der Waals surface area contributed by atoms with Crippen LogP contribution in [0.4, 0.5) is 0 Å². The van der Waals surface area contributed by atoms with E-state index in [4.69, 9.17) is 15.0 Å². The molecule has 2 N–H and O–H groups in total. The molecular weight excluding hydrogens is 194 g/mol. The summed E-state index contributed by atoms with van der Waals surface area (Å²) < 4.78 is 10.4. The Morgan fingerprint density at radius 3 is 2.60 bits per heavy atom. The van der Waals surface area contributed by atoms with Gasteiger partial charge >= 0.3 is 0 Å². The van der Waals surface area contributed by atoms with Crippen LogP contribution in [0.15, 0.2) is 4.52 Å². The summed E-state index contributed by atoms with van der Waals surface area (Å²) >= 11 is 0. The van der Waals surface area contributed by atoms with Crippen LogP contribution in [-0.2, 0) is 11.3 Å². The third kappa shape index (κ3) is 4.40. The molecule has 5 nitrogen and oxygen atoms in total. The second-order valence-electron chi connectivity index (χ2n) is 4.68. The van der Waals surface area contributed by atoms with Crippen molar-refractivity contribution in [3.8, 4) is 0 Å². The highest BCUT2D eigenvalue weighted by Gasteiger charge is 2.13. The molecule has 0 aliphatic carbocycles. The van der Waals surface area contributed by atoms with Crippen molar-refractivity contribution in [1.82, 2.24) is 10.1 Å². The van der Waals surface area contributed by atoms with Crippen LogP contribution < -0.4 is 5.73 Å². The van der Waals surface area contributed by atoms with E-state index in [9.17, 15) is 0 Å². The van der Waals surface area contributed by atoms with Gasteiger partial charge in [0.05, 0.1) is 6.61 Å². The molecule has 0 saturated carbocycles. The van der Waals surface area contributed by atoms with Gasteiger partial charge in [0.1, 0.15) is 6.61 Å². The molecule has 1 aromatic rings. The SMILES string of the molecule is CC(C)c1noc(COCC(C)(C)N)n1. The van der Waals surface area contributed by atoms with Crippen molar-refractivity contribution < 1.29 is 9.26 Å². The van der Waals surface area contributed by atoms with Crippen molar-refractivity contribution in [2.24, 2.45) is 5.73 Å². The van der Waals surface area contributed by atoms with E-state index < -0.39 is 0 Å². The van der Waals surface area contributed by atoms with Crippen molar-refractivity contribution in [2.75, 3.05) is 6.61 Å². The second-order valence-corrected chi connectivity index (χ2v) is 4.68. The molecule has 0 amide bonds. The van der Waals surface area contributed by atoms with E-state index in [0.717, 1.165) is 0 Å². The Balaban J connectivity index is 2.38. The summed E-state index contributed by atoms with van der Waals surface area (Å²) in [5.74, 6) is 1.48. The highest BCUT2D eigenvalue weighted by molar-refractivity contribution is 4.90. The summed E-state index contributed by atoms with van der Waals surface area (Å²) in [4.78, 5) is 4.19. The Labute approximate surface area is 90.0 Å². The van der Waals surface area contributed by atoms with Crippen LogP contribution in [-0.4, -0.2) is 22.3 Å². The minimum absolute atomic E-state index is 0.272. The zero-order valence-corrected chi connectivity index (χ0v) is 9.78. The predicted octanol–water partition coefficient (Wildman–Crippen LogP) is 1.45. The number of nitrogens with zero attached hydrogens (tertiary/aromatic N) is 2. The number of aromatic nitrogens is 2. The molecule has 0 aliphatic rings. The van der Waals surface area contributed by atoms with E-state index >= 15 is 0 Å². The van der Waals surface area contributed by atoms with Crippen molar-refractivity contribution in [3.05, 3.63) is 11.7 Å². The largest absolute Gasteiger partial charge is 0.370 e. The summed E-state index contributed by atoms with van der Waals surface area (Å²) in [6, 6.07) is 0. The first kappa shape index (κ1) is 12.1. The third-order valence-corrected chi connectivity index (χ3v) is 1.70. The van der Waals surface area contributed by atoms with E-state index in [1.165, 1.54) is 0 Å². The number of ether oxygens (including phenoxy) is 1. The topological polar surface area (TPSA) is 74.2 Å². The van der Waals surface area contributed by atoms with Crippen LogP contribution in [0.2, 0.25) is 0 Å². The van der Waals surface area contributed by atoms with Crippen molar-refractivity contribution >= 4 is 0 Å². The monoisotopic (exact) mass is 213 g/mol. The lowest BCUT2D eigenvalue weighted by Crippen LogP contribution is -2.37. The van der Waals surface area contributed by atoms with Crippen molar-refractivity contribution in [2.45, 2.75) is 45.8 Å². The number of hydrogen-bond acceptors (Lipinski definition) is 5. The van der Waals surface area contributed by atoms with Crippen LogP contribution in [0.25, 0.3) is 0 Å². The lowest BCUT2D eigenvalue weighted by molar-refractivity contribution is 0.0674. The number of nitrogens with two attached hydrogens (primary N) is 1. The van der Waals surface area contributed by atoms with E-state index in [1.54, 1.807) is 0 Å². The van der Waals surface area contributed by atoms with Gasteiger partial charge in [-0.05, 0) is 13.8 Å². The standard InChI is InChI=1S/C10H19N3O2/c1-7(2)9-12-8(15-13-9)5-14-6-10(3,4)11/h7H,5-6,11H2,1-4H3. The third-order valence-electron chi connectivity index (χ3n) is 1.70. The summed E-state index contributed by atoms with van der Waals surface area (Å²) in [7, 11) is 0. The maximum Gasteiger partial charge on any atom is 0.252 e. The first-order valence-electron chi connectivity index (χ1n) is 5.07. The Morgan fingerprint density at radius 2 is 2.13 bits per heavy atom. The molecule has 0 spiro atoms. The van der Waals surface area contributed by atoms with E-state index in [0.29, 0.717) is 24.9 Å². The van der Waals surface area contributed by atoms with Crippen LogP contribution >= 0.6 is 0 Å². The average Bonchev–Trinajstić information content (AvgIpc) is 2.50. The minimum Gasteiger partial charge on any atom is -0.370 e. The summed E-state index contributed by atoms with van der Waals surface area (Å²) in [5, 5.41) is 3.83. The Kier molecular flexibility index (Phi) is 3.82. The first-order valence-corrected chi connectivity index (χ1v) is 5.07. The fourth-order valence-corrected chi connectivity index (χ4v) is 0.963. The smallest absolute Gasteiger partial charge is 0.252 e. The predicted molar refractivity (Wildman–Crippen MR) is 56.3 cm³/mol. The summed E-state index contributed by atoms with van der Waals surface area (Å²) in [5.41, 5.74) is 5.43. The molecule has 15 heavy (non-hydrogen) atoms. The van der Waals surface area contributed by atoms with Gasteiger partial charge in [-0.2, -0.15) is 4.98 Å². The van der Waals surface area contributed by atoms with Crippen molar-refractivity contribution in [3.63, 3.8) is 0 Å². The normalized spacial score (nSPS) is 12.4. The molecule has 0 saturated heterocycles. The van der Waals surface area contributed by atoms with Gasteiger partial charge in [-0.25, -0.2) is 0 Å². The lowest BCUT2D eigenvalue weighted by Gasteiger charge is -2.17. The van der Waals surface area contributed by atoms with Crippen LogP contribution in [0.5, 0.6) is 0 Å². The minimum atomic E-state index is -0.332. The molecule has 5 heteroatoms. The van der Waals surface area contributed by atoms with Crippen LogP contribution in [0.3, 0.4) is 0 Å². The van der Waals surface area contributed by atoms with Gasteiger partial charge in [0, 0.05) is 11.5 Å². The summed E-state index contributed by atoms with van der Waals surface area (Å²) in [6.45, 7) is 8.62. The molecular formula is C10H19N3O2. The van der Waals surface area contributed by atoms with Gasteiger partial charge in [0.15, 0.2) is 5.82 Å². The number of hydrogen-bond donors (Lipinski definition) is 1. The quantitative estimate of drug-likeness (QED) is 0.801. The maximum atomic E-state index is 5.76. The van der Waals surface area contributed by atoms with Gasteiger partial charge in [-0.1, -0.05) is 19.0 Å². The van der Waals surface area contributed by atoms with Gasteiger partial charge < -0.3 is 15.0 Å². The van der Waals surface area contributed by atoms with E-state index in [2.05, 4.69) is 10.1 Å². The van der Waals surface area contributed by atoms with Crippen molar-refractivity contribution in [1.29, 1.82) is 0 Å².